The molecule has 1 amide bonds. The zero-order chi connectivity index (χ0) is 34.4. The zero-order valence-corrected chi connectivity index (χ0v) is 30.6. The van der Waals surface area contributed by atoms with Crippen molar-refractivity contribution in [3.63, 3.8) is 0 Å². The van der Waals surface area contributed by atoms with E-state index in [1.165, 1.54) is 75.3 Å². The van der Waals surface area contributed by atoms with Gasteiger partial charge in [-0.25, -0.2) is 4.39 Å². The number of amides is 1. The molecule has 268 valence electrons. The minimum Gasteiger partial charge on any atom is -0.481 e. The SMILES string of the molecule is CC(CCCCCCCCCCCCCC(=O)O)CCN1C(=O)CCc2ccc(CCN3CCN(c4cc(F)cc5sccc45)CC3)cc21. The quantitative estimate of drug-likeness (QED) is 0.113. The van der Waals surface area contributed by atoms with Crippen LogP contribution in [0.5, 0.6) is 0 Å². The van der Waals surface area contributed by atoms with E-state index in [2.05, 4.69) is 45.9 Å². The first-order valence-corrected chi connectivity index (χ1v) is 20.0. The maximum atomic E-state index is 14.3. The van der Waals surface area contributed by atoms with E-state index in [1.54, 1.807) is 23.5 Å². The molecule has 0 radical (unpaired) electrons. The van der Waals surface area contributed by atoms with Crippen molar-refractivity contribution >= 4 is 44.7 Å². The number of thiophene rings is 1. The summed E-state index contributed by atoms with van der Waals surface area (Å²) in [5.74, 6) is 0.0514. The Kier molecular flexibility index (Phi) is 14.8. The third kappa shape index (κ3) is 11.5. The third-order valence-electron chi connectivity index (χ3n) is 10.7. The molecule has 2 aliphatic rings. The molecule has 0 bridgehead atoms. The van der Waals surface area contributed by atoms with Gasteiger partial charge in [0, 0.05) is 73.6 Å². The molecule has 1 unspecified atom stereocenters. The zero-order valence-electron chi connectivity index (χ0n) is 29.8. The van der Waals surface area contributed by atoms with E-state index in [-0.39, 0.29) is 11.7 Å². The van der Waals surface area contributed by atoms with Crippen molar-refractivity contribution < 1.29 is 19.1 Å². The minimum atomic E-state index is -0.676. The second-order valence-corrected chi connectivity index (χ2v) is 15.5. The molecule has 0 spiro atoms. The molecule has 1 fully saturated rings. The van der Waals surface area contributed by atoms with Crippen LogP contribution in [0, 0.1) is 11.7 Å². The van der Waals surface area contributed by atoms with E-state index in [1.807, 2.05) is 5.38 Å². The summed E-state index contributed by atoms with van der Waals surface area (Å²) in [4.78, 5) is 30.6. The highest BCUT2D eigenvalue weighted by atomic mass is 32.1. The Labute approximate surface area is 297 Å². The number of halogens is 1. The van der Waals surface area contributed by atoms with Crippen molar-refractivity contribution in [1.29, 1.82) is 0 Å². The van der Waals surface area contributed by atoms with Crippen LogP contribution in [-0.2, 0) is 22.4 Å². The average Bonchev–Trinajstić information content (AvgIpc) is 3.57. The van der Waals surface area contributed by atoms with Crippen molar-refractivity contribution in [3.05, 3.63) is 58.7 Å². The van der Waals surface area contributed by atoms with Gasteiger partial charge in [0.1, 0.15) is 5.82 Å². The number of aliphatic carboxylic acids is 1. The number of carboxylic acid groups (broad SMARTS) is 1. The Morgan fingerprint density at radius 1 is 0.816 bits per heavy atom. The summed E-state index contributed by atoms with van der Waals surface area (Å²) >= 11 is 1.60. The van der Waals surface area contributed by atoms with E-state index in [4.69, 9.17) is 5.11 Å². The number of carbonyl (C=O) groups is 2. The summed E-state index contributed by atoms with van der Waals surface area (Å²) in [6.45, 7) is 7.89. The van der Waals surface area contributed by atoms with E-state index >= 15 is 0 Å². The van der Waals surface area contributed by atoms with Gasteiger partial charge >= 0.3 is 5.97 Å². The number of carbonyl (C=O) groups excluding carboxylic acids is 1. The number of piperazine rings is 1. The van der Waals surface area contributed by atoms with Gasteiger partial charge in [0.25, 0.3) is 0 Å². The molecule has 0 saturated carbocycles. The Morgan fingerprint density at radius 3 is 2.22 bits per heavy atom. The number of anilines is 2. The number of rotatable bonds is 21. The maximum absolute atomic E-state index is 14.3. The Bertz CT molecular complexity index is 1480. The summed E-state index contributed by atoms with van der Waals surface area (Å²) in [7, 11) is 0. The van der Waals surface area contributed by atoms with Crippen LogP contribution in [0.4, 0.5) is 15.8 Å². The van der Waals surface area contributed by atoms with Gasteiger partial charge in [-0.3, -0.25) is 14.5 Å². The second kappa shape index (κ2) is 19.4. The number of carboxylic acids is 1. The Morgan fingerprint density at radius 2 is 1.51 bits per heavy atom. The molecular formula is C41H58FN3O3S. The fourth-order valence-corrected chi connectivity index (χ4v) is 8.45. The van der Waals surface area contributed by atoms with Crippen LogP contribution in [0.3, 0.4) is 0 Å². The van der Waals surface area contributed by atoms with Crippen molar-refractivity contribution in [3.8, 4) is 0 Å². The number of fused-ring (bicyclic) bond motifs is 2. The molecule has 0 aliphatic carbocycles. The molecular weight excluding hydrogens is 634 g/mol. The van der Waals surface area contributed by atoms with Crippen molar-refractivity contribution in [2.45, 2.75) is 116 Å². The van der Waals surface area contributed by atoms with Crippen LogP contribution in [0.2, 0.25) is 0 Å². The van der Waals surface area contributed by atoms with Crippen LogP contribution in [0.1, 0.15) is 114 Å². The van der Waals surface area contributed by atoms with Gasteiger partial charge in [-0.15, -0.1) is 11.3 Å². The summed E-state index contributed by atoms with van der Waals surface area (Å²) in [6.07, 6.45) is 18.4. The van der Waals surface area contributed by atoms with Gasteiger partial charge in [-0.1, -0.05) is 89.7 Å². The second-order valence-electron chi connectivity index (χ2n) is 14.6. The van der Waals surface area contributed by atoms with Gasteiger partial charge < -0.3 is 14.9 Å². The molecule has 1 N–H and O–H groups in total. The van der Waals surface area contributed by atoms with Crippen LogP contribution in [0.15, 0.2) is 41.8 Å². The fourth-order valence-electron chi connectivity index (χ4n) is 7.62. The predicted molar refractivity (Wildman–Crippen MR) is 203 cm³/mol. The first-order chi connectivity index (χ1) is 23.9. The lowest BCUT2D eigenvalue weighted by Crippen LogP contribution is -2.47. The average molecular weight is 692 g/mol. The molecule has 5 rings (SSSR count). The van der Waals surface area contributed by atoms with Crippen molar-refractivity contribution in [2.24, 2.45) is 5.92 Å². The monoisotopic (exact) mass is 691 g/mol. The lowest BCUT2D eigenvalue weighted by Gasteiger charge is -2.36. The van der Waals surface area contributed by atoms with E-state index in [0.717, 1.165) is 92.8 Å². The van der Waals surface area contributed by atoms with E-state index < -0.39 is 5.97 Å². The molecule has 1 saturated heterocycles. The maximum Gasteiger partial charge on any atom is 0.303 e. The lowest BCUT2D eigenvalue weighted by atomic mass is 9.95. The summed E-state index contributed by atoms with van der Waals surface area (Å²) < 4.78 is 15.3. The van der Waals surface area contributed by atoms with Gasteiger partial charge in [0.2, 0.25) is 5.91 Å². The highest BCUT2D eigenvalue weighted by Gasteiger charge is 2.25. The molecule has 3 aromatic rings. The number of hydrogen-bond acceptors (Lipinski definition) is 5. The fraction of sp³-hybridized carbons (Fsp3) is 0.610. The van der Waals surface area contributed by atoms with E-state index in [9.17, 15) is 14.0 Å². The topological polar surface area (TPSA) is 64.1 Å². The first-order valence-electron chi connectivity index (χ1n) is 19.2. The van der Waals surface area contributed by atoms with Gasteiger partial charge in [0.05, 0.1) is 0 Å². The largest absolute Gasteiger partial charge is 0.481 e. The van der Waals surface area contributed by atoms with Gasteiger partial charge in [0.15, 0.2) is 0 Å². The van der Waals surface area contributed by atoms with E-state index in [0.29, 0.717) is 18.8 Å². The predicted octanol–water partition coefficient (Wildman–Crippen LogP) is 9.87. The Hall–Kier alpha value is -2.97. The molecule has 49 heavy (non-hydrogen) atoms. The molecule has 3 heterocycles. The minimum absolute atomic E-state index is 0.157. The molecule has 1 atom stereocenters. The smallest absolute Gasteiger partial charge is 0.303 e. The van der Waals surface area contributed by atoms with Crippen LogP contribution in [0.25, 0.3) is 10.1 Å². The number of benzene rings is 2. The molecule has 2 aromatic carbocycles. The molecule has 6 nitrogen and oxygen atoms in total. The summed E-state index contributed by atoms with van der Waals surface area (Å²) in [5.41, 5.74) is 4.76. The molecule has 1 aromatic heterocycles. The Balaban J connectivity index is 0.976. The molecule has 8 heteroatoms. The lowest BCUT2D eigenvalue weighted by molar-refractivity contribution is -0.137. The standard InChI is InChI=1S/C41H58FN3O3S/c1-32(13-11-9-7-5-3-2-4-6-8-10-12-14-41(47)48)19-23-45-37-29-33(15-16-34(37)17-18-40(45)46)20-22-43-24-26-44(27-25-43)38-30-35(42)31-39-36(38)21-28-49-39/h15-16,21,28-32H,2-14,17-20,22-27H2,1H3,(H,47,48). The van der Waals surface area contributed by atoms with Crippen molar-refractivity contribution in [2.75, 3.05) is 49.1 Å². The van der Waals surface area contributed by atoms with Crippen molar-refractivity contribution in [1.82, 2.24) is 4.90 Å². The van der Waals surface area contributed by atoms with Crippen LogP contribution in [-0.4, -0.2) is 61.2 Å². The highest BCUT2D eigenvalue weighted by Crippen LogP contribution is 2.33. The highest BCUT2D eigenvalue weighted by molar-refractivity contribution is 7.17. The van der Waals surface area contributed by atoms with Gasteiger partial charge in [-0.05, 0) is 72.4 Å². The number of aryl methyl sites for hydroxylation is 1. The number of unbranched alkanes of at least 4 members (excludes halogenated alkanes) is 10. The van der Waals surface area contributed by atoms with Crippen LogP contribution < -0.4 is 9.80 Å². The van der Waals surface area contributed by atoms with Crippen LogP contribution >= 0.6 is 11.3 Å². The number of nitrogens with zero attached hydrogens (tertiary/aromatic N) is 3. The van der Waals surface area contributed by atoms with Gasteiger partial charge in [-0.2, -0.15) is 0 Å². The first kappa shape index (κ1) is 37.3. The molecule has 2 aliphatic heterocycles. The summed E-state index contributed by atoms with van der Waals surface area (Å²) in [6, 6.07) is 12.2. The normalized spacial score (nSPS) is 16.0. The third-order valence-corrected chi connectivity index (χ3v) is 11.6. The summed E-state index contributed by atoms with van der Waals surface area (Å²) in [5, 5.41) is 11.9. The number of hydrogen-bond donors (Lipinski definition) is 1.